The number of hydrogen-bond acceptors (Lipinski definition) is 6. The van der Waals surface area contributed by atoms with Crippen LogP contribution in [0.4, 0.5) is 5.13 Å². The first-order valence-corrected chi connectivity index (χ1v) is 7.22. The van der Waals surface area contributed by atoms with E-state index < -0.39 is 0 Å². The maximum atomic E-state index is 11.7. The van der Waals surface area contributed by atoms with E-state index in [1.165, 1.54) is 11.3 Å². The molecule has 0 aliphatic carbocycles. The van der Waals surface area contributed by atoms with Gasteiger partial charge in [-0.3, -0.25) is 4.68 Å². The Labute approximate surface area is 121 Å². The van der Waals surface area contributed by atoms with Gasteiger partial charge in [-0.25, -0.2) is 9.78 Å². The zero-order valence-electron chi connectivity index (χ0n) is 12.0. The average Bonchev–Trinajstić information content (AvgIpc) is 2.96. The minimum Gasteiger partial charge on any atom is -0.462 e. The summed E-state index contributed by atoms with van der Waals surface area (Å²) in [5, 5.41) is 8.13. The van der Waals surface area contributed by atoms with Crippen LogP contribution in [0.3, 0.4) is 0 Å². The highest BCUT2D eigenvalue weighted by atomic mass is 32.1. The Morgan fingerprint density at radius 1 is 1.60 bits per heavy atom. The predicted molar refractivity (Wildman–Crippen MR) is 78.1 cm³/mol. The van der Waals surface area contributed by atoms with E-state index in [0.717, 1.165) is 5.56 Å². The molecule has 0 aliphatic rings. The molecule has 2 rings (SSSR count). The lowest BCUT2D eigenvalue weighted by Gasteiger charge is -2.09. The van der Waals surface area contributed by atoms with Crippen molar-refractivity contribution in [3.05, 3.63) is 28.5 Å². The maximum Gasteiger partial charge on any atom is 0.350 e. The zero-order chi connectivity index (χ0) is 14.7. The van der Waals surface area contributed by atoms with E-state index in [1.807, 2.05) is 33.3 Å². The average molecular weight is 294 g/mol. The zero-order valence-corrected chi connectivity index (χ0v) is 12.8. The summed E-state index contributed by atoms with van der Waals surface area (Å²) in [6.07, 6.45) is 3.76. The number of ether oxygens (including phenoxy) is 1. The lowest BCUT2D eigenvalue weighted by Crippen LogP contribution is -2.05. The first-order valence-electron chi connectivity index (χ1n) is 6.41. The summed E-state index contributed by atoms with van der Waals surface area (Å²) in [6.45, 7) is 5.99. The third-order valence-electron chi connectivity index (χ3n) is 2.82. The molecule has 0 fully saturated rings. The van der Waals surface area contributed by atoms with Crippen molar-refractivity contribution in [2.45, 2.75) is 26.8 Å². The van der Waals surface area contributed by atoms with Gasteiger partial charge in [0, 0.05) is 18.8 Å². The molecule has 7 heteroatoms. The van der Waals surface area contributed by atoms with Crippen LogP contribution in [0.5, 0.6) is 0 Å². The number of esters is 1. The van der Waals surface area contributed by atoms with Gasteiger partial charge in [0.2, 0.25) is 0 Å². The standard InChI is InChI=1S/C13H18N4O2S/c1-5-19-12(18)11-9(3)16-13(20-11)15-8(2)10-6-14-17(4)7-10/h6-8H,5H2,1-4H3,(H,15,16). The Morgan fingerprint density at radius 2 is 2.35 bits per heavy atom. The molecule has 0 aliphatic heterocycles. The van der Waals surface area contributed by atoms with Gasteiger partial charge in [0.25, 0.3) is 0 Å². The van der Waals surface area contributed by atoms with Gasteiger partial charge in [0.1, 0.15) is 4.88 Å². The Morgan fingerprint density at radius 3 is 2.95 bits per heavy atom. The summed E-state index contributed by atoms with van der Waals surface area (Å²) in [6, 6.07) is 0.0734. The highest BCUT2D eigenvalue weighted by molar-refractivity contribution is 7.17. The molecule has 20 heavy (non-hydrogen) atoms. The van der Waals surface area contributed by atoms with Crippen molar-refractivity contribution in [1.82, 2.24) is 14.8 Å². The van der Waals surface area contributed by atoms with Crippen LogP contribution >= 0.6 is 11.3 Å². The van der Waals surface area contributed by atoms with Crippen molar-refractivity contribution in [3.8, 4) is 0 Å². The second kappa shape index (κ2) is 6.04. The molecule has 108 valence electrons. The third-order valence-corrected chi connectivity index (χ3v) is 3.89. The number of aryl methyl sites for hydroxylation is 2. The lowest BCUT2D eigenvalue weighted by atomic mass is 10.2. The maximum absolute atomic E-state index is 11.7. The number of nitrogens with one attached hydrogen (secondary N) is 1. The number of rotatable bonds is 5. The van der Waals surface area contributed by atoms with E-state index in [1.54, 1.807) is 11.6 Å². The molecule has 0 saturated carbocycles. The van der Waals surface area contributed by atoms with Crippen LogP contribution in [0, 0.1) is 6.92 Å². The summed E-state index contributed by atoms with van der Waals surface area (Å²) in [5.74, 6) is -0.315. The van der Waals surface area contributed by atoms with E-state index in [2.05, 4.69) is 15.4 Å². The highest BCUT2D eigenvalue weighted by Crippen LogP contribution is 2.26. The molecule has 2 aromatic rings. The molecule has 0 bridgehead atoms. The predicted octanol–water partition coefficient (Wildman–Crippen LogP) is 2.53. The van der Waals surface area contributed by atoms with Gasteiger partial charge in [0.05, 0.1) is 24.5 Å². The molecule has 0 aromatic carbocycles. The van der Waals surface area contributed by atoms with Crippen molar-refractivity contribution in [2.75, 3.05) is 11.9 Å². The highest BCUT2D eigenvalue weighted by Gasteiger charge is 2.17. The monoisotopic (exact) mass is 294 g/mol. The summed E-state index contributed by atoms with van der Waals surface area (Å²) in [4.78, 5) is 16.7. The van der Waals surface area contributed by atoms with E-state index in [4.69, 9.17) is 4.74 Å². The van der Waals surface area contributed by atoms with Crippen LogP contribution in [0.15, 0.2) is 12.4 Å². The number of carbonyl (C=O) groups is 1. The Balaban J connectivity index is 2.10. The van der Waals surface area contributed by atoms with Gasteiger partial charge in [-0.15, -0.1) is 0 Å². The first kappa shape index (κ1) is 14.5. The summed E-state index contributed by atoms with van der Waals surface area (Å²) < 4.78 is 6.76. The second-order valence-electron chi connectivity index (χ2n) is 4.47. The van der Waals surface area contributed by atoms with Crippen LogP contribution < -0.4 is 5.32 Å². The van der Waals surface area contributed by atoms with Crippen LogP contribution in [0.2, 0.25) is 0 Å². The molecule has 1 N–H and O–H groups in total. The van der Waals surface area contributed by atoms with Crippen LogP contribution in [0.25, 0.3) is 0 Å². The molecular weight excluding hydrogens is 276 g/mol. The van der Waals surface area contributed by atoms with Crippen molar-refractivity contribution >= 4 is 22.4 Å². The van der Waals surface area contributed by atoms with Crippen molar-refractivity contribution in [1.29, 1.82) is 0 Å². The minimum atomic E-state index is -0.315. The smallest absolute Gasteiger partial charge is 0.350 e. The Hall–Kier alpha value is -1.89. The fourth-order valence-electron chi connectivity index (χ4n) is 1.78. The normalized spacial score (nSPS) is 12.2. The molecule has 1 atom stereocenters. The summed E-state index contributed by atoms with van der Waals surface area (Å²) in [7, 11) is 1.88. The number of aromatic nitrogens is 3. The summed E-state index contributed by atoms with van der Waals surface area (Å²) >= 11 is 1.31. The van der Waals surface area contributed by atoms with E-state index in [9.17, 15) is 4.79 Å². The SMILES string of the molecule is CCOC(=O)c1sc(NC(C)c2cnn(C)c2)nc1C. The number of thiazole rings is 1. The lowest BCUT2D eigenvalue weighted by molar-refractivity contribution is 0.0531. The fourth-order valence-corrected chi connectivity index (χ4v) is 2.72. The number of anilines is 1. The molecule has 0 spiro atoms. The summed E-state index contributed by atoms with van der Waals surface area (Å²) in [5.41, 5.74) is 1.76. The number of nitrogens with zero attached hydrogens (tertiary/aromatic N) is 3. The van der Waals surface area contributed by atoms with Crippen LogP contribution in [-0.4, -0.2) is 27.3 Å². The largest absolute Gasteiger partial charge is 0.462 e. The van der Waals surface area contributed by atoms with Gasteiger partial charge in [-0.2, -0.15) is 5.10 Å². The third kappa shape index (κ3) is 3.16. The topological polar surface area (TPSA) is 69.0 Å². The van der Waals surface area contributed by atoms with Crippen molar-refractivity contribution < 1.29 is 9.53 Å². The van der Waals surface area contributed by atoms with Crippen molar-refractivity contribution in [3.63, 3.8) is 0 Å². The van der Waals surface area contributed by atoms with Gasteiger partial charge in [-0.05, 0) is 20.8 Å². The number of carbonyl (C=O) groups excluding carboxylic acids is 1. The van der Waals surface area contributed by atoms with E-state index >= 15 is 0 Å². The quantitative estimate of drug-likeness (QED) is 0.858. The molecular formula is C13H18N4O2S. The molecule has 1 unspecified atom stereocenters. The van der Waals surface area contributed by atoms with Gasteiger partial charge in [-0.1, -0.05) is 11.3 Å². The fraction of sp³-hybridized carbons (Fsp3) is 0.462. The first-order chi connectivity index (χ1) is 9.51. The Kier molecular flexibility index (Phi) is 4.39. The molecule has 0 radical (unpaired) electrons. The van der Waals surface area contributed by atoms with Crippen LogP contribution in [0.1, 0.15) is 40.8 Å². The molecule has 0 amide bonds. The molecule has 2 aromatic heterocycles. The Bertz CT molecular complexity index is 605. The van der Waals surface area contributed by atoms with E-state index in [0.29, 0.717) is 22.3 Å². The van der Waals surface area contributed by atoms with E-state index in [-0.39, 0.29) is 12.0 Å². The van der Waals surface area contributed by atoms with Crippen LogP contribution in [-0.2, 0) is 11.8 Å². The van der Waals surface area contributed by atoms with Gasteiger partial charge in [0.15, 0.2) is 5.13 Å². The molecule has 2 heterocycles. The number of hydrogen-bond donors (Lipinski definition) is 1. The van der Waals surface area contributed by atoms with Gasteiger partial charge >= 0.3 is 5.97 Å². The molecule has 6 nitrogen and oxygen atoms in total. The van der Waals surface area contributed by atoms with Crippen molar-refractivity contribution in [2.24, 2.45) is 7.05 Å². The minimum absolute atomic E-state index is 0.0734. The van der Waals surface area contributed by atoms with Gasteiger partial charge < -0.3 is 10.1 Å². The molecule has 0 saturated heterocycles. The second-order valence-corrected chi connectivity index (χ2v) is 5.47.